The molecule has 0 bridgehead atoms. The fourth-order valence-electron chi connectivity index (χ4n) is 6.78. The molecule has 8 heteroatoms. The molecule has 0 radical (unpaired) electrons. The van der Waals surface area contributed by atoms with E-state index in [0.717, 1.165) is 105 Å². The molecule has 1 unspecified atom stereocenters. The summed E-state index contributed by atoms with van der Waals surface area (Å²) >= 11 is 0. The summed E-state index contributed by atoms with van der Waals surface area (Å²) in [6.07, 6.45) is 9.19. The van der Waals surface area contributed by atoms with Crippen LogP contribution >= 0.6 is 0 Å². The van der Waals surface area contributed by atoms with Gasteiger partial charge in [-0.25, -0.2) is 9.97 Å². The van der Waals surface area contributed by atoms with Crippen molar-refractivity contribution in [3.63, 3.8) is 0 Å². The summed E-state index contributed by atoms with van der Waals surface area (Å²) in [6, 6.07) is 12.8. The maximum atomic E-state index is 10.1. The van der Waals surface area contributed by atoms with E-state index in [0.29, 0.717) is 11.3 Å². The van der Waals surface area contributed by atoms with Crippen LogP contribution in [0.3, 0.4) is 0 Å². The van der Waals surface area contributed by atoms with Gasteiger partial charge >= 0.3 is 0 Å². The first-order valence-electron chi connectivity index (χ1n) is 15.5. The minimum Gasteiger partial charge on any atom is -0.398 e. The number of rotatable bonds is 7. The Bertz CT molecular complexity index is 1650. The van der Waals surface area contributed by atoms with E-state index in [1.165, 1.54) is 22.4 Å². The first-order chi connectivity index (χ1) is 20.5. The normalized spacial score (nSPS) is 16.4. The summed E-state index contributed by atoms with van der Waals surface area (Å²) in [4.78, 5) is 17.3. The van der Waals surface area contributed by atoms with Gasteiger partial charge in [0.2, 0.25) is 0 Å². The van der Waals surface area contributed by atoms with Crippen molar-refractivity contribution in [3.8, 4) is 17.5 Å². The number of hydrogen-bond acceptors (Lipinski definition) is 7. The van der Waals surface area contributed by atoms with Crippen molar-refractivity contribution in [1.29, 1.82) is 5.26 Å². The Balaban J connectivity index is 1.35. The second-order valence-corrected chi connectivity index (χ2v) is 11.5. The Hall–Kier alpha value is -4.25. The Labute approximate surface area is 248 Å². The average molecular weight is 561 g/mol. The number of nitrogen functional groups attached to an aromatic ring is 1. The highest BCUT2D eigenvalue weighted by Crippen LogP contribution is 2.40. The van der Waals surface area contributed by atoms with E-state index < -0.39 is 0 Å². The minimum absolute atomic E-state index is 0.226. The standard InChI is InChI=1S/C34H40N8/c1-4-9-23-12-14-28(36)27(20-35)32(23)24-11-13-26-29(18-24)38-31(6-3)39-34(26)41-16-8-17-42-25(21-41)19-30(40-42)33-22(5-2)10-7-15-37-33/h7,10,12,14-15,19,24H,4-6,8-9,11,13,16-18,21,36H2,1-3H3. The number of aromatic nitrogens is 5. The Morgan fingerprint density at radius 2 is 1.95 bits per heavy atom. The van der Waals surface area contributed by atoms with Gasteiger partial charge in [-0.15, -0.1) is 0 Å². The van der Waals surface area contributed by atoms with E-state index in [-0.39, 0.29) is 5.92 Å². The number of nitriles is 1. The van der Waals surface area contributed by atoms with E-state index in [1.54, 1.807) is 0 Å². The van der Waals surface area contributed by atoms with Gasteiger partial charge in [0.25, 0.3) is 0 Å². The first kappa shape index (κ1) is 27.9. The Morgan fingerprint density at radius 3 is 2.74 bits per heavy atom. The molecule has 0 saturated carbocycles. The van der Waals surface area contributed by atoms with Gasteiger partial charge in [0.1, 0.15) is 23.4 Å². The molecule has 1 aromatic carbocycles. The highest BCUT2D eigenvalue weighted by molar-refractivity contribution is 5.63. The van der Waals surface area contributed by atoms with Crippen LogP contribution in [0.15, 0.2) is 36.5 Å². The predicted octanol–water partition coefficient (Wildman–Crippen LogP) is 5.95. The molecule has 8 nitrogen and oxygen atoms in total. The van der Waals surface area contributed by atoms with Crippen molar-refractivity contribution in [2.75, 3.05) is 17.2 Å². The van der Waals surface area contributed by atoms with Crippen LogP contribution in [-0.4, -0.2) is 31.3 Å². The summed E-state index contributed by atoms with van der Waals surface area (Å²) in [6.45, 7) is 9.03. The highest BCUT2D eigenvalue weighted by atomic mass is 15.3. The topological polar surface area (TPSA) is 110 Å². The van der Waals surface area contributed by atoms with Gasteiger partial charge in [-0.05, 0) is 79.3 Å². The van der Waals surface area contributed by atoms with E-state index in [2.05, 4.69) is 59.6 Å². The van der Waals surface area contributed by atoms with Crippen molar-refractivity contribution in [3.05, 3.63) is 81.6 Å². The SMILES string of the molecule is CCCc1ccc(N)c(C#N)c1C1CCc2c(nc(CC)nc2N2CCCn3nc(-c4ncccc4CC)cc3C2)C1. The van der Waals surface area contributed by atoms with Gasteiger partial charge < -0.3 is 10.6 Å². The molecule has 3 aromatic heterocycles. The zero-order chi connectivity index (χ0) is 29.2. The Morgan fingerprint density at radius 1 is 1.07 bits per heavy atom. The maximum absolute atomic E-state index is 10.1. The molecule has 216 valence electrons. The van der Waals surface area contributed by atoms with Gasteiger partial charge in [0.15, 0.2) is 0 Å². The molecule has 2 aliphatic rings. The molecule has 2 N–H and O–H groups in total. The zero-order valence-electron chi connectivity index (χ0n) is 25.0. The molecule has 42 heavy (non-hydrogen) atoms. The lowest BCUT2D eigenvalue weighted by Gasteiger charge is -2.31. The van der Waals surface area contributed by atoms with Crippen molar-refractivity contribution >= 4 is 11.5 Å². The molecule has 1 aliphatic carbocycles. The number of fused-ring (bicyclic) bond motifs is 2. The van der Waals surface area contributed by atoms with Gasteiger partial charge in [-0.3, -0.25) is 9.67 Å². The first-order valence-corrected chi connectivity index (χ1v) is 15.5. The fourth-order valence-corrected chi connectivity index (χ4v) is 6.78. The average Bonchev–Trinajstić information content (AvgIpc) is 3.31. The molecular formula is C34H40N8. The van der Waals surface area contributed by atoms with Crippen molar-refractivity contribution in [1.82, 2.24) is 24.7 Å². The third-order valence-corrected chi connectivity index (χ3v) is 8.85. The van der Waals surface area contributed by atoms with Gasteiger partial charge in [-0.1, -0.05) is 39.3 Å². The summed E-state index contributed by atoms with van der Waals surface area (Å²) < 4.78 is 2.16. The lowest BCUT2D eigenvalue weighted by atomic mass is 9.78. The van der Waals surface area contributed by atoms with E-state index in [9.17, 15) is 5.26 Å². The van der Waals surface area contributed by atoms with Crippen LogP contribution < -0.4 is 10.6 Å². The van der Waals surface area contributed by atoms with Crippen LogP contribution in [-0.2, 0) is 45.2 Å². The number of benzene rings is 1. The van der Waals surface area contributed by atoms with Gasteiger partial charge in [0.05, 0.1) is 29.2 Å². The molecule has 6 rings (SSSR count). The third kappa shape index (κ3) is 5.13. The quantitative estimate of drug-likeness (QED) is 0.278. The number of anilines is 2. The molecular weight excluding hydrogens is 520 g/mol. The molecule has 1 aliphatic heterocycles. The summed E-state index contributed by atoms with van der Waals surface area (Å²) in [7, 11) is 0. The smallest absolute Gasteiger partial charge is 0.136 e. The largest absolute Gasteiger partial charge is 0.398 e. The van der Waals surface area contributed by atoms with Crippen LogP contribution in [0, 0.1) is 11.3 Å². The molecule has 0 saturated heterocycles. The number of pyridine rings is 1. The zero-order valence-corrected chi connectivity index (χ0v) is 25.0. The maximum Gasteiger partial charge on any atom is 0.136 e. The fraction of sp³-hybridized carbons (Fsp3) is 0.441. The molecule has 4 aromatic rings. The minimum atomic E-state index is 0.226. The second kappa shape index (κ2) is 11.9. The Kier molecular flexibility index (Phi) is 7.92. The number of nitrogens with zero attached hydrogens (tertiary/aromatic N) is 7. The molecule has 4 heterocycles. The molecule has 0 fully saturated rings. The predicted molar refractivity (Wildman–Crippen MR) is 166 cm³/mol. The third-order valence-electron chi connectivity index (χ3n) is 8.85. The van der Waals surface area contributed by atoms with E-state index in [4.69, 9.17) is 20.8 Å². The van der Waals surface area contributed by atoms with Crippen LogP contribution in [0.1, 0.15) is 91.0 Å². The van der Waals surface area contributed by atoms with Crippen LogP contribution in [0.25, 0.3) is 11.4 Å². The summed E-state index contributed by atoms with van der Waals surface area (Å²) in [5, 5.41) is 15.0. The summed E-state index contributed by atoms with van der Waals surface area (Å²) in [5.41, 5.74) is 16.6. The molecule has 1 atom stereocenters. The lowest BCUT2D eigenvalue weighted by molar-refractivity contribution is 0.557. The monoisotopic (exact) mass is 560 g/mol. The van der Waals surface area contributed by atoms with E-state index in [1.807, 2.05) is 18.3 Å². The van der Waals surface area contributed by atoms with Crippen molar-refractivity contribution in [2.45, 2.75) is 91.1 Å². The van der Waals surface area contributed by atoms with E-state index >= 15 is 0 Å². The molecule has 0 spiro atoms. The number of hydrogen-bond donors (Lipinski definition) is 1. The number of aryl methyl sites for hydroxylation is 4. The lowest BCUT2D eigenvalue weighted by Crippen LogP contribution is -2.28. The summed E-state index contributed by atoms with van der Waals surface area (Å²) in [5.74, 6) is 2.18. The highest BCUT2D eigenvalue weighted by Gasteiger charge is 2.31. The molecule has 0 amide bonds. The second-order valence-electron chi connectivity index (χ2n) is 11.5. The van der Waals surface area contributed by atoms with Crippen LogP contribution in [0.2, 0.25) is 0 Å². The van der Waals surface area contributed by atoms with Crippen molar-refractivity contribution in [2.24, 2.45) is 0 Å². The van der Waals surface area contributed by atoms with Gasteiger partial charge in [0, 0.05) is 37.0 Å². The van der Waals surface area contributed by atoms with Crippen molar-refractivity contribution < 1.29 is 0 Å². The van der Waals surface area contributed by atoms with Crippen LogP contribution in [0.4, 0.5) is 11.5 Å². The number of nitrogens with two attached hydrogens (primary N) is 1. The van der Waals surface area contributed by atoms with Gasteiger partial charge in [-0.2, -0.15) is 10.4 Å². The van der Waals surface area contributed by atoms with Crippen LogP contribution in [0.5, 0.6) is 0 Å².